The first kappa shape index (κ1) is 17.9. The minimum atomic E-state index is -0.575. The summed E-state index contributed by atoms with van der Waals surface area (Å²) >= 11 is 0. The van der Waals surface area contributed by atoms with Gasteiger partial charge in [-0.15, -0.1) is 0 Å². The largest absolute Gasteiger partial charge is 0.444 e. The zero-order valence-electron chi connectivity index (χ0n) is 15.3. The lowest BCUT2D eigenvalue weighted by atomic mass is 10.1. The van der Waals surface area contributed by atoms with Gasteiger partial charge in [0.1, 0.15) is 12.1 Å². The smallest absolute Gasteiger partial charge is 0.410 e. The third-order valence-corrected chi connectivity index (χ3v) is 3.99. The van der Waals surface area contributed by atoms with Gasteiger partial charge < -0.3 is 9.64 Å². The number of piperazine rings is 1. The molecule has 0 spiro atoms. The number of amides is 2. The van der Waals surface area contributed by atoms with E-state index in [1.165, 1.54) is 4.90 Å². The molecule has 2 amide bonds. The Morgan fingerprint density at radius 3 is 2.58 bits per heavy atom. The lowest BCUT2D eigenvalue weighted by Gasteiger charge is -2.35. The van der Waals surface area contributed by atoms with Gasteiger partial charge >= 0.3 is 6.09 Å². The average molecular weight is 353 g/mol. The molecule has 136 valence electrons. The van der Waals surface area contributed by atoms with Crippen molar-refractivity contribution in [2.24, 2.45) is 0 Å². The Hall–Kier alpha value is -2.89. The topological polar surface area (TPSA) is 62.7 Å². The fourth-order valence-corrected chi connectivity index (χ4v) is 2.80. The maximum Gasteiger partial charge on any atom is 0.410 e. The van der Waals surface area contributed by atoms with Gasteiger partial charge in [-0.25, -0.2) is 4.79 Å². The molecule has 1 aromatic carbocycles. The van der Waals surface area contributed by atoms with Gasteiger partial charge in [0, 0.05) is 30.5 Å². The second-order valence-electron chi connectivity index (χ2n) is 7.21. The molecule has 2 heterocycles. The van der Waals surface area contributed by atoms with E-state index in [0.717, 1.165) is 16.9 Å². The normalized spacial score (nSPS) is 15.1. The maximum absolute atomic E-state index is 12.6. The molecule has 1 aromatic heterocycles. The van der Waals surface area contributed by atoms with E-state index in [0.29, 0.717) is 13.1 Å². The zero-order valence-corrected chi connectivity index (χ0v) is 15.3. The minimum absolute atomic E-state index is 0.0166. The first-order chi connectivity index (χ1) is 12.3. The number of rotatable bonds is 2. The van der Waals surface area contributed by atoms with Crippen LogP contribution in [0.3, 0.4) is 0 Å². The molecule has 26 heavy (non-hydrogen) atoms. The number of aromatic nitrogens is 1. The molecule has 0 N–H and O–H groups in total. The number of benzene rings is 1. The summed E-state index contributed by atoms with van der Waals surface area (Å²) in [6.07, 6.45) is 1.29. The molecule has 0 saturated carbocycles. The summed E-state index contributed by atoms with van der Waals surface area (Å²) < 4.78 is 5.35. The lowest BCUT2D eigenvalue weighted by molar-refractivity contribution is -0.121. The molecule has 2 aromatic rings. The van der Waals surface area contributed by atoms with E-state index < -0.39 is 11.7 Å². The molecule has 0 radical (unpaired) electrons. The number of nitrogens with zero attached hydrogens (tertiary/aromatic N) is 3. The van der Waals surface area contributed by atoms with E-state index in [-0.39, 0.29) is 12.5 Å². The van der Waals surface area contributed by atoms with Crippen molar-refractivity contribution in [2.75, 3.05) is 24.5 Å². The van der Waals surface area contributed by atoms with Gasteiger partial charge in [-0.2, -0.15) is 0 Å². The van der Waals surface area contributed by atoms with Crippen LogP contribution < -0.4 is 4.90 Å². The van der Waals surface area contributed by atoms with Gasteiger partial charge in [-0.3, -0.25) is 14.7 Å². The second-order valence-corrected chi connectivity index (χ2v) is 7.21. The molecule has 1 saturated heterocycles. The van der Waals surface area contributed by atoms with Crippen LogP contribution in [0.25, 0.3) is 11.3 Å². The van der Waals surface area contributed by atoms with Crippen LogP contribution in [0.2, 0.25) is 0 Å². The summed E-state index contributed by atoms with van der Waals surface area (Å²) in [6, 6.07) is 13.4. The van der Waals surface area contributed by atoms with Crippen molar-refractivity contribution in [3.8, 4) is 11.3 Å². The van der Waals surface area contributed by atoms with Gasteiger partial charge in [0.2, 0.25) is 5.91 Å². The van der Waals surface area contributed by atoms with Crippen molar-refractivity contribution < 1.29 is 14.3 Å². The molecular formula is C20H23N3O3. The summed E-state index contributed by atoms with van der Waals surface area (Å²) in [6.45, 7) is 6.32. The Morgan fingerprint density at radius 1 is 1.12 bits per heavy atom. The van der Waals surface area contributed by atoms with Gasteiger partial charge in [-0.05, 0) is 45.0 Å². The average Bonchev–Trinajstić information content (AvgIpc) is 2.61. The fraction of sp³-hybridized carbons (Fsp3) is 0.350. The Labute approximate surface area is 153 Å². The molecule has 0 unspecified atom stereocenters. The summed E-state index contributed by atoms with van der Waals surface area (Å²) in [5.41, 5.74) is 2.04. The number of carbonyl (C=O) groups excluding carboxylic acids is 2. The van der Waals surface area contributed by atoms with Gasteiger partial charge in [0.05, 0.1) is 5.69 Å². The van der Waals surface area contributed by atoms with Crippen LogP contribution in [-0.4, -0.2) is 47.1 Å². The van der Waals surface area contributed by atoms with Crippen molar-refractivity contribution in [3.63, 3.8) is 0 Å². The van der Waals surface area contributed by atoms with Gasteiger partial charge in [-0.1, -0.05) is 18.2 Å². The number of ether oxygens (including phenoxy) is 1. The van der Waals surface area contributed by atoms with Crippen LogP contribution in [0.15, 0.2) is 48.7 Å². The molecule has 6 heteroatoms. The minimum Gasteiger partial charge on any atom is -0.444 e. The number of pyridine rings is 1. The third-order valence-electron chi connectivity index (χ3n) is 3.99. The Balaban J connectivity index is 1.72. The molecule has 0 atom stereocenters. The first-order valence-corrected chi connectivity index (χ1v) is 8.63. The van der Waals surface area contributed by atoms with Gasteiger partial charge in [0.25, 0.3) is 0 Å². The zero-order chi connectivity index (χ0) is 18.7. The molecule has 0 bridgehead atoms. The molecule has 1 fully saturated rings. The molecular weight excluding hydrogens is 330 g/mol. The predicted octanol–water partition coefficient (Wildman–Crippen LogP) is 3.33. The molecule has 1 aliphatic rings. The summed E-state index contributed by atoms with van der Waals surface area (Å²) in [4.78, 5) is 32.3. The highest BCUT2D eigenvalue weighted by atomic mass is 16.6. The highest BCUT2D eigenvalue weighted by Crippen LogP contribution is 2.25. The van der Waals surface area contributed by atoms with Crippen LogP contribution in [-0.2, 0) is 9.53 Å². The highest BCUT2D eigenvalue weighted by Gasteiger charge is 2.30. The van der Waals surface area contributed by atoms with E-state index in [1.54, 1.807) is 11.1 Å². The van der Waals surface area contributed by atoms with Crippen molar-refractivity contribution in [1.29, 1.82) is 0 Å². The Morgan fingerprint density at radius 2 is 1.92 bits per heavy atom. The first-order valence-electron chi connectivity index (χ1n) is 8.63. The highest BCUT2D eigenvalue weighted by molar-refractivity contribution is 5.97. The van der Waals surface area contributed by atoms with Crippen LogP contribution in [0, 0.1) is 0 Å². The van der Waals surface area contributed by atoms with Crippen molar-refractivity contribution in [1.82, 2.24) is 9.88 Å². The monoisotopic (exact) mass is 353 g/mol. The van der Waals surface area contributed by atoms with Gasteiger partial charge in [0.15, 0.2) is 0 Å². The van der Waals surface area contributed by atoms with Crippen molar-refractivity contribution >= 4 is 17.7 Å². The SMILES string of the molecule is CC(C)(C)OC(=O)N1CCN(c2cccc(-c3ccccn3)c2)C(=O)C1. The van der Waals surface area contributed by atoms with Crippen molar-refractivity contribution in [2.45, 2.75) is 26.4 Å². The lowest BCUT2D eigenvalue weighted by Crippen LogP contribution is -2.53. The number of hydrogen-bond donors (Lipinski definition) is 0. The maximum atomic E-state index is 12.6. The third kappa shape index (κ3) is 4.20. The van der Waals surface area contributed by atoms with Crippen molar-refractivity contribution in [3.05, 3.63) is 48.7 Å². The second kappa shape index (κ2) is 7.15. The van der Waals surface area contributed by atoms with Crippen LogP contribution in [0.4, 0.5) is 10.5 Å². The molecule has 1 aliphatic heterocycles. The molecule has 0 aliphatic carbocycles. The summed E-state index contributed by atoms with van der Waals surface area (Å²) in [7, 11) is 0. The van der Waals surface area contributed by atoms with E-state index >= 15 is 0 Å². The number of carbonyl (C=O) groups is 2. The summed E-state index contributed by atoms with van der Waals surface area (Å²) in [5.74, 6) is -0.125. The van der Waals surface area contributed by atoms with Crippen LogP contribution in [0.5, 0.6) is 0 Å². The Kier molecular flexibility index (Phi) is 4.93. The van der Waals surface area contributed by atoms with E-state index in [1.807, 2.05) is 63.2 Å². The van der Waals surface area contributed by atoms with E-state index in [4.69, 9.17) is 4.74 Å². The predicted molar refractivity (Wildman–Crippen MR) is 99.8 cm³/mol. The van der Waals surface area contributed by atoms with Crippen LogP contribution in [0.1, 0.15) is 20.8 Å². The quantitative estimate of drug-likeness (QED) is 0.831. The fourth-order valence-electron chi connectivity index (χ4n) is 2.80. The van der Waals surface area contributed by atoms with E-state index in [2.05, 4.69) is 4.98 Å². The Bertz CT molecular complexity index is 799. The number of anilines is 1. The van der Waals surface area contributed by atoms with Crippen LogP contribution >= 0.6 is 0 Å². The molecule has 6 nitrogen and oxygen atoms in total. The van der Waals surface area contributed by atoms with E-state index in [9.17, 15) is 9.59 Å². The molecule has 3 rings (SSSR count). The summed E-state index contributed by atoms with van der Waals surface area (Å²) in [5, 5.41) is 0. The standard InChI is InChI=1S/C20H23N3O3/c1-20(2,3)26-19(25)22-11-12-23(18(24)14-22)16-8-6-7-15(13-16)17-9-4-5-10-21-17/h4-10,13H,11-12,14H2,1-3H3. The number of hydrogen-bond acceptors (Lipinski definition) is 4.